The lowest BCUT2D eigenvalue weighted by Crippen LogP contribution is -2.46. The van der Waals surface area contributed by atoms with E-state index in [-0.39, 0.29) is 0 Å². The Morgan fingerprint density at radius 2 is 1.75 bits per heavy atom. The molecule has 0 bridgehead atoms. The van der Waals surface area contributed by atoms with E-state index in [0.717, 1.165) is 43.6 Å². The standard InChI is InChI=1S/C15H17ClN4/c16-13-3-1-4-14(11-13)20-9-7-19(8-10-20)12-15-17-5-2-6-18-15/h1-6,11H,7-10,12H2. The van der Waals surface area contributed by atoms with Crippen LogP contribution >= 0.6 is 11.6 Å². The van der Waals surface area contributed by atoms with E-state index >= 15 is 0 Å². The van der Waals surface area contributed by atoms with Gasteiger partial charge in [-0.1, -0.05) is 17.7 Å². The van der Waals surface area contributed by atoms with Gasteiger partial charge in [-0.15, -0.1) is 0 Å². The number of hydrogen-bond donors (Lipinski definition) is 0. The van der Waals surface area contributed by atoms with Gasteiger partial charge in [-0.3, -0.25) is 4.90 Å². The highest BCUT2D eigenvalue weighted by molar-refractivity contribution is 6.30. The monoisotopic (exact) mass is 288 g/mol. The molecule has 4 nitrogen and oxygen atoms in total. The Balaban J connectivity index is 1.57. The van der Waals surface area contributed by atoms with Gasteiger partial charge in [0.15, 0.2) is 0 Å². The van der Waals surface area contributed by atoms with Gasteiger partial charge in [-0.2, -0.15) is 0 Å². The van der Waals surface area contributed by atoms with Gasteiger partial charge in [0.05, 0.1) is 6.54 Å². The van der Waals surface area contributed by atoms with Crippen molar-refractivity contribution in [3.63, 3.8) is 0 Å². The van der Waals surface area contributed by atoms with E-state index in [0.29, 0.717) is 0 Å². The number of aromatic nitrogens is 2. The minimum absolute atomic E-state index is 0.794. The van der Waals surface area contributed by atoms with Crippen LogP contribution in [0.1, 0.15) is 5.82 Å². The number of benzene rings is 1. The molecule has 0 saturated carbocycles. The zero-order valence-electron chi connectivity index (χ0n) is 11.2. The van der Waals surface area contributed by atoms with Crippen molar-refractivity contribution in [3.8, 4) is 0 Å². The maximum Gasteiger partial charge on any atom is 0.142 e. The summed E-state index contributed by atoms with van der Waals surface area (Å²) in [5.74, 6) is 0.892. The average molecular weight is 289 g/mol. The zero-order chi connectivity index (χ0) is 13.8. The van der Waals surface area contributed by atoms with Crippen molar-refractivity contribution >= 4 is 17.3 Å². The number of nitrogens with zero attached hydrogens (tertiary/aromatic N) is 4. The lowest BCUT2D eigenvalue weighted by Gasteiger charge is -2.35. The predicted octanol–water partition coefficient (Wildman–Crippen LogP) is 2.45. The summed E-state index contributed by atoms with van der Waals surface area (Å²) in [6, 6.07) is 9.90. The molecule has 0 aliphatic carbocycles. The molecule has 20 heavy (non-hydrogen) atoms. The molecular weight excluding hydrogens is 272 g/mol. The maximum atomic E-state index is 6.05. The summed E-state index contributed by atoms with van der Waals surface area (Å²) in [6.45, 7) is 4.88. The molecule has 1 aromatic heterocycles. The molecule has 0 radical (unpaired) electrons. The molecule has 104 valence electrons. The highest BCUT2D eigenvalue weighted by Gasteiger charge is 2.18. The van der Waals surface area contributed by atoms with Gasteiger partial charge < -0.3 is 4.90 Å². The first-order chi connectivity index (χ1) is 9.81. The number of hydrogen-bond acceptors (Lipinski definition) is 4. The average Bonchev–Trinajstić information content (AvgIpc) is 2.49. The Labute approximate surface area is 124 Å². The second-order valence-corrected chi connectivity index (χ2v) is 5.34. The van der Waals surface area contributed by atoms with Crippen molar-refractivity contribution in [3.05, 3.63) is 53.6 Å². The molecule has 1 aromatic carbocycles. The highest BCUT2D eigenvalue weighted by Crippen LogP contribution is 2.20. The summed E-state index contributed by atoms with van der Waals surface area (Å²) in [5.41, 5.74) is 1.20. The molecule has 0 unspecified atom stereocenters. The molecule has 1 aliphatic rings. The van der Waals surface area contributed by atoms with Crippen LogP contribution in [0, 0.1) is 0 Å². The molecule has 3 rings (SSSR count). The fraction of sp³-hybridized carbons (Fsp3) is 0.333. The zero-order valence-corrected chi connectivity index (χ0v) is 12.0. The molecule has 0 N–H and O–H groups in total. The Morgan fingerprint density at radius 3 is 2.45 bits per heavy atom. The van der Waals surface area contributed by atoms with Crippen LogP contribution < -0.4 is 4.90 Å². The molecule has 0 amide bonds. The first-order valence-electron chi connectivity index (χ1n) is 6.80. The van der Waals surface area contributed by atoms with Crippen LogP contribution in [-0.4, -0.2) is 41.0 Å². The normalized spacial score (nSPS) is 16.4. The maximum absolute atomic E-state index is 6.05. The number of halogens is 1. The molecule has 1 fully saturated rings. The van der Waals surface area contributed by atoms with E-state index in [4.69, 9.17) is 11.6 Å². The summed E-state index contributed by atoms with van der Waals surface area (Å²) >= 11 is 6.05. The molecular formula is C15H17ClN4. The summed E-state index contributed by atoms with van der Waals surface area (Å²) in [7, 11) is 0. The smallest absolute Gasteiger partial charge is 0.142 e. The third-order valence-electron chi connectivity index (χ3n) is 3.53. The van der Waals surface area contributed by atoms with Crippen LogP contribution in [0.2, 0.25) is 5.02 Å². The van der Waals surface area contributed by atoms with Crippen molar-refractivity contribution in [2.45, 2.75) is 6.54 Å². The summed E-state index contributed by atoms with van der Waals surface area (Å²) in [4.78, 5) is 13.3. The molecule has 2 heterocycles. The molecule has 0 spiro atoms. The first-order valence-corrected chi connectivity index (χ1v) is 7.18. The van der Waals surface area contributed by atoms with E-state index in [1.165, 1.54) is 5.69 Å². The van der Waals surface area contributed by atoms with Gasteiger partial charge in [0, 0.05) is 49.3 Å². The Hall–Kier alpha value is -1.65. The molecule has 2 aromatic rings. The van der Waals surface area contributed by atoms with Crippen molar-refractivity contribution in [2.24, 2.45) is 0 Å². The molecule has 1 aliphatic heterocycles. The number of anilines is 1. The van der Waals surface area contributed by atoms with E-state index in [1.54, 1.807) is 12.4 Å². The number of piperazine rings is 1. The third-order valence-corrected chi connectivity index (χ3v) is 3.77. The quantitative estimate of drug-likeness (QED) is 0.868. The largest absolute Gasteiger partial charge is 0.369 e. The lowest BCUT2D eigenvalue weighted by molar-refractivity contribution is 0.244. The Morgan fingerprint density at radius 1 is 1.00 bits per heavy atom. The van der Waals surface area contributed by atoms with Gasteiger partial charge in [0.2, 0.25) is 0 Å². The Bertz CT molecular complexity index is 553. The molecule has 0 atom stereocenters. The first kappa shape index (κ1) is 13.3. The topological polar surface area (TPSA) is 32.3 Å². The minimum atomic E-state index is 0.794. The SMILES string of the molecule is Clc1cccc(N2CCN(Cc3ncccn3)CC2)c1. The fourth-order valence-corrected chi connectivity index (χ4v) is 2.63. The number of rotatable bonds is 3. The van der Waals surface area contributed by atoms with E-state index in [2.05, 4.69) is 25.8 Å². The van der Waals surface area contributed by atoms with Gasteiger partial charge >= 0.3 is 0 Å². The summed E-state index contributed by atoms with van der Waals surface area (Å²) in [6.07, 6.45) is 3.59. The highest BCUT2D eigenvalue weighted by atomic mass is 35.5. The van der Waals surface area contributed by atoms with Crippen LogP contribution in [0.15, 0.2) is 42.7 Å². The minimum Gasteiger partial charge on any atom is -0.369 e. The molecule has 5 heteroatoms. The molecule has 1 saturated heterocycles. The second-order valence-electron chi connectivity index (χ2n) is 4.91. The van der Waals surface area contributed by atoms with Crippen LogP contribution in [0.3, 0.4) is 0 Å². The Kier molecular flexibility index (Phi) is 4.14. The van der Waals surface area contributed by atoms with E-state index in [9.17, 15) is 0 Å². The summed E-state index contributed by atoms with van der Waals surface area (Å²) in [5, 5.41) is 0.794. The van der Waals surface area contributed by atoms with Crippen molar-refractivity contribution in [2.75, 3.05) is 31.1 Å². The van der Waals surface area contributed by atoms with Crippen molar-refractivity contribution in [1.29, 1.82) is 0 Å². The second kappa shape index (κ2) is 6.20. The van der Waals surface area contributed by atoms with Crippen LogP contribution in [0.25, 0.3) is 0 Å². The third kappa shape index (κ3) is 3.26. The van der Waals surface area contributed by atoms with Gasteiger partial charge in [0.1, 0.15) is 5.82 Å². The van der Waals surface area contributed by atoms with Gasteiger partial charge in [0.25, 0.3) is 0 Å². The van der Waals surface area contributed by atoms with Crippen molar-refractivity contribution < 1.29 is 0 Å². The van der Waals surface area contributed by atoms with Crippen LogP contribution in [0.5, 0.6) is 0 Å². The lowest BCUT2D eigenvalue weighted by atomic mass is 10.2. The van der Waals surface area contributed by atoms with Gasteiger partial charge in [-0.25, -0.2) is 9.97 Å². The van der Waals surface area contributed by atoms with Crippen LogP contribution in [-0.2, 0) is 6.54 Å². The van der Waals surface area contributed by atoms with E-state index < -0.39 is 0 Å². The van der Waals surface area contributed by atoms with Crippen molar-refractivity contribution in [1.82, 2.24) is 14.9 Å². The van der Waals surface area contributed by atoms with Crippen LogP contribution in [0.4, 0.5) is 5.69 Å². The van der Waals surface area contributed by atoms with Gasteiger partial charge in [-0.05, 0) is 24.3 Å². The predicted molar refractivity (Wildman–Crippen MR) is 81.0 cm³/mol. The summed E-state index contributed by atoms with van der Waals surface area (Å²) < 4.78 is 0. The fourth-order valence-electron chi connectivity index (χ4n) is 2.45. The van der Waals surface area contributed by atoms with E-state index in [1.807, 2.05) is 24.3 Å².